The Labute approximate surface area is 178 Å². The lowest BCUT2D eigenvalue weighted by Gasteiger charge is -2.25. The second-order valence-corrected chi connectivity index (χ2v) is 14.7. The Morgan fingerprint density at radius 1 is 0.828 bits per heavy atom. The molecular weight excluding hydrogens is 408 g/mol. The van der Waals surface area contributed by atoms with E-state index in [4.69, 9.17) is 22.8 Å². The largest absolute Gasteiger partial charge is 0.463 e. The van der Waals surface area contributed by atoms with Gasteiger partial charge in [-0.05, 0) is 58.4 Å². The van der Waals surface area contributed by atoms with Crippen molar-refractivity contribution in [2.45, 2.75) is 58.4 Å². The van der Waals surface area contributed by atoms with Gasteiger partial charge in [-0.25, -0.2) is 9.59 Å². The first-order valence-electron chi connectivity index (χ1n) is 10.0. The summed E-state index contributed by atoms with van der Waals surface area (Å²) in [6, 6.07) is 1.84. The summed E-state index contributed by atoms with van der Waals surface area (Å²) in [6.45, 7) is 19.1. The van der Waals surface area contributed by atoms with Crippen molar-refractivity contribution in [2.75, 3.05) is 33.5 Å². The Bertz CT molecular complexity index is 475. The van der Waals surface area contributed by atoms with Crippen LogP contribution in [0, 0.1) is 0 Å². The van der Waals surface area contributed by atoms with E-state index in [0.717, 1.165) is 24.9 Å². The Morgan fingerprint density at radius 3 is 1.59 bits per heavy atom. The molecule has 0 aliphatic heterocycles. The van der Waals surface area contributed by atoms with Gasteiger partial charge < -0.3 is 22.8 Å². The predicted molar refractivity (Wildman–Crippen MR) is 121 cm³/mol. The van der Waals surface area contributed by atoms with Crippen LogP contribution >= 0.6 is 0 Å². The highest BCUT2D eigenvalue weighted by Gasteiger charge is 2.29. The van der Waals surface area contributed by atoms with Gasteiger partial charge in [0.05, 0.1) is 13.2 Å². The first-order chi connectivity index (χ1) is 13.6. The molecule has 0 aromatic carbocycles. The lowest BCUT2D eigenvalue weighted by molar-refractivity contribution is -0.138. The summed E-state index contributed by atoms with van der Waals surface area (Å²) in [7, 11) is -1.79. The van der Waals surface area contributed by atoms with E-state index in [1.54, 1.807) is 7.11 Å². The first-order valence-corrected chi connectivity index (χ1v) is 15.6. The quantitative estimate of drug-likeness (QED) is 0.161. The molecule has 0 aliphatic rings. The number of carbonyl (C=O) groups is 2. The molecular formula is C20H40O7Si2. The van der Waals surface area contributed by atoms with Crippen LogP contribution in [0.25, 0.3) is 0 Å². The van der Waals surface area contributed by atoms with Gasteiger partial charge >= 0.3 is 20.5 Å². The predicted octanol–water partition coefficient (Wildman–Crippen LogP) is 4.21. The van der Waals surface area contributed by atoms with Crippen molar-refractivity contribution in [1.82, 2.24) is 0 Å². The van der Waals surface area contributed by atoms with Crippen molar-refractivity contribution in [3.8, 4) is 0 Å². The fraction of sp³-hybridized carbons (Fsp3) is 0.700. The molecule has 29 heavy (non-hydrogen) atoms. The van der Waals surface area contributed by atoms with E-state index in [1.807, 2.05) is 20.4 Å². The third-order valence-corrected chi connectivity index (χ3v) is 9.70. The summed E-state index contributed by atoms with van der Waals surface area (Å²) in [4.78, 5) is 21.4. The van der Waals surface area contributed by atoms with Crippen molar-refractivity contribution in [3.63, 3.8) is 0 Å². The Morgan fingerprint density at radius 2 is 1.24 bits per heavy atom. The van der Waals surface area contributed by atoms with Crippen LogP contribution < -0.4 is 0 Å². The van der Waals surface area contributed by atoms with E-state index in [1.165, 1.54) is 12.2 Å². The zero-order valence-electron chi connectivity index (χ0n) is 19.1. The van der Waals surface area contributed by atoms with E-state index in [0.29, 0.717) is 26.4 Å². The average molecular weight is 449 g/mol. The lowest BCUT2D eigenvalue weighted by Crippen LogP contribution is -2.38. The normalized spacial score (nSPS) is 11.1. The second-order valence-electron chi connectivity index (χ2n) is 6.91. The topological polar surface area (TPSA) is 80.3 Å². The molecule has 0 atom stereocenters. The van der Waals surface area contributed by atoms with Crippen LogP contribution in [-0.4, -0.2) is 62.4 Å². The molecule has 0 unspecified atom stereocenters. The summed E-state index contributed by atoms with van der Waals surface area (Å²) >= 11 is 0. The molecule has 0 aliphatic carbocycles. The highest BCUT2D eigenvalue weighted by Crippen LogP contribution is 2.16. The number of ether oxygens (including phenoxy) is 2. The number of rotatable bonds is 15. The Hall–Kier alpha value is -1.27. The van der Waals surface area contributed by atoms with Gasteiger partial charge in [0, 0.05) is 32.5 Å². The fourth-order valence-electron chi connectivity index (χ4n) is 2.25. The molecule has 0 N–H and O–H groups in total. The molecule has 0 fully saturated rings. The van der Waals surface area contributed by atoms with Gasteiger partial charge in [-0.3, -0.25) is 0 Å². The maximum Gasteiger partial charge on any atom is 0.335 e. The molecule has 9 heteroatoms. The zero-order valence-corrected chi connectivity index (χ0v) is 21.1. The van der Waals surface area contributed by atoms with Crippen molar-refractivity contribution in [1.29, 1.82) is 0 Å². The fourth-order valence-corrected chi connectivity index (χ4v) is 5.83. The van der Waals surface area contributed by atoms with Crippen molar-refractivity contribution < 1.29 is 32.3 Å². The number of hydrogen-bond acceptors (Lipinski definition) is 7. The molecule has 7 nitrogen and oxygen atoms in total. The molecule has 0 aromatic rings. The van der Waals surface area contributed by atoms with Crippen LogP contribution in [-0.2, 0) is 32.3 Å². The summed E-state index contributed by atoms with van der Waals surface area (Å²) in [6.07, 6.45) is 3.98. The first kappa shape index (κ1) is 29.9. The third kappa shape index (κ3) is 18.5. The van der Waals surface area contributed by atoms with Gasteiger partial charge in [-0.1, -0.05) is 13.2 Å². The van der Waals surface area contributed by atoms with Crippen molar-refractivity contribution >= 4 is 28.8 Å². The molecule has 0 radical (unpaired) electrons. The van der Waals surface area contributed by atoms with Crippen molar-refractivity contribution in [3.05, 3.63) is 25.3 Å². The minimum absolute atomic E-state index is 0.350. The molecule has 0 aromatic heterocycles. The Balaban J connectivity index is 0. The number of esters is 2. The minimum atomic E-state index is -2.05. The van der Waals surface area contributed by atoms with Crippen LogP contribution in [0.15, 0.2) is 25.3 Å². The number of carbonyl (C=O) groups excluding carboxylic acids is 2. The second kappa shape index (κ2) is 17.6. The lowest BCUT2D eigenvalue weighted by atomic mass is 10.5. The highest BCUT2D eigenvalue weighted by molar-refractivity contribution is 6.71. The van der Waals surface area contributed by atoms with Gasteiger partial charge in [0.15, 0.2) is 8.32 Å². The van der Waals surface area contributed by atoms with Gasteiger partial charge in [-0.15, -0.1) is 0 Å². The SMILES string of the molecule is C=CC(=O)OCCC[Si](C)(C)OC.C=CC(=O)OCCC[Si](C)(OCC)OCC. The van der Waals surface area contributed by atoms with Gasteiger partial charge in [-0.2, -0.15) is 0 Å². The van der Waals surface area contributed by atoms with Gasteiger partial charge in [0.25, 0.3) is 0 Å². The smallest absolute Gasteiger partial charge is 0.335 e. The van der Waals surface area contributed by atoms with Gasteiger partial charge in [0.1, 0.15) is 0 Å². The molecule has 0 saturated heterocycles. The summed E-state index contributed by atoms with van der Waals surface area (Å²) in [5.74, 6) is -0.729. The maximum absolute atomic E-state index is 10.8. The van der Waals surface area contributed by atoms with E-state index >= 15 is 0 Å². The highest BCUT2D eigenvalue weighted by atomic mass is 28.4. The van der Waals surface area contributed by atoms with E-state index < -0.39 is 16.9 Å². The van der Waals surface area contributed by atoms with Crippen LogP contribution in [0.2, 0.25) is 31.7 Å². The van der Waals surface area contributed by atoms with Crippen LogP contribution in [0.3, 0.4) is 0 Å². The average Bonchev–Trinajstić information content (AvgIpc) is 2.69. The molecule has 0 spiro atoms. The van der Waals surface area contributed by atoms with E-state index in [2.05, 4.69) is 26.3 Å². The van der Waals surface area contributed by atoms with Crippen LogP contribution in [0.1, 0.15) is 26.7 Å². The van der Waals surface area contributed by atoms with Crippen LogP contribution in [0.5, 0.6) is 0 Å². The van der Waals surface area contributed by atoms with E-state index in [9.17, 15) is 9.59 Å². The molecule has 0 bridgehead atoms. The summed E-state index contributed by atoms with van der Waals surface area (Å²) in [5.41, 5.74) is 0. The Kier molecular flexibility index (Phi) is 18.1. The van der Waals surface area contributed by atoms with E-state index in [-0.39, 0.29) is 11.9 Å². The minimum Gasteiger partial charge on any atom is -0.463 e. The van der Waals surface area contributed by atoms with Gasteiger partial charge in [0.2, 0.25) is 0 Å². The summed E-state index contributed by atoms with van der Waals surface area (Å²) in [5, 5.41) is 0. The van der Waals surface area contributed by atoms with Crippen molar-refractivity contribution in [2.24, 2.45) is 0 Å². The third-order valence-electron chi connectivity index (χ3n) is 3.97. The molecule has 170 valence electrons. The standard InChI is InChI=1S/C11H22O4Si.C9H18O3Si/c1-5-11(12)13-9-8-10-16(4,14-6-2)15-7-3;1-5-9(10)12-7-6-8-13(3,4)11-2/h5H,1,6-10H2,2-4H3;5H,1,6-8H2,2-4H3. The monoisotopic (exact) mass is 448 g/mol. The molecule has 0 heterocycles. The van der Waals surface area contributed by atoms with Crippen LogP contribution in [0.4, 0.5) is 0 Å². The molecule has 0 saturated carbocycles. The molecule has 0 amide bonds. The maximum atomic E-state index is 10.8. The molecule has 0 rings (SSSR count). The summed E-state index contributed by atoms with van der Waals surface area (Å²) < 4.78 is 26.4. The zero-order chi connectivity index (χ0) is 22.8. The number of hydrogen-bond donors (Lipinski definition) is 0.